The van der Waals surface area contributed by atoms with E-state index >= 15 is 0 Å². The summed E-state index contributed by atoms with van der Waals surface area (Å²) in [6.07, 6.45) is 5.71. The number of nitrogens with two attached hydrogens (primary N) is 2. The SMILES string of the molecule is CC(C)(O/N=C(\C(=O)N[C@@H]1C(=O)N2C(C(=O)O)=C(C[n+]3ccc4c(ccn4Cc4ccc(C(=N)N)cc4)c3)CS[C@H]12)c1nsc(N)n1)C(=O)O. The molecule has 5 heterocycles. The highest BCUT2D eigenvalue weighted by Crippen LogP contribution is 2.40. The van der Waals surface area contributed by atoms with Crippen LogP contribution in [0.2, 0.25) is 0 Å². The second-order valence-corrected chi connectivity index (χ2v) is 13.8. The van der Waals surface area contributed by atoms with Crippen LogP contribution in [0.25, 0.3) is 10.9 Å². The Balaban J connectivity index is 1.18. The van der Waals surface area contributed by atoms with Crippen molar-refractivity contribution in [3.8, 4) is 0 Å². The lowest BCUT2D eigenvalue weighted by molar-refractivity contribution is -0.687. The molecule has 4 aromatic rings. The third-order valence-corrected chi connectivity index (χ3v) is 9.93. The number of carbonyl (C=O) groups is 4. The van der Waals surface area contributed by atoms with Gasteiger partial charge in [0, 0.05) is 47.2 Å². The minimum Gasteiger partial charge on any atom is -0.478 e. The highest BCUT2D eigenvalue weighted by molar-refractivity contribution is 8.00. The average Bonchev–Trinajstić information content (AvgIpc) is 3.68. The summed E-state index contributed by atoms with van der Waals surface area (Å²) >= 11 is 2.07. The predicted octanol–water partition coefficient (Wildman–Crippen LogP) is 0.718. The summed E-state index contributed by atoms with van der Waals surface area (Å²) in [7, 11) is 0. The third kappa shape index (κ3) is 6.59. The molecule has 0 saturated carbocycles. The van der Waals surface area contributed by atoms with E-state index in [1.807, 2.05) is 47.4 Å². The Labute approximate surface area is 291 Å². The Morgan fingerprint density at radius 1 is 1.20 bits per heavy atom. The second-order valence-electron chi connectivity index (χ2n) is 11.9. The quantitative estimate of drug-likeness (QED) is 0.0389. The van der Waals surface area contributed by atoms with Gasteiger partial charge >= 0.3 is 11.9 Å². The molecule has 2 aliphatic heterocycles. The molecule has 2 amide bonds. The Kier molecular flexibility index (Phi) is 9.02. The number of nitrogen functional groups attached to an aromatic ring is 2. The van der Waals surface area contributed by atoms with Crippen molar-refractivity contribution in [2.45, 2.75) is 44.0 Å². The van der Waals surface area contributed by atoms with E-state index in [0.717, 1.165) is 32.9 Å². The van der Waals surface area contributed by atoms with E-state index in [4.69, 9.17) is 21.7 Å². The number of hydrogen-bond acceptors (Lipinski definition) is 12. The van der Waals surface area contributed by atoms with Crippen molar-refractivity contribution in [2.24, 2.45) is 10.9 Å². The molecule has 0 unspecified atom stereocenters. The number of carboxylic acid groups (broad SMARTS) is 2. The van der Waals surface area contributed by atoms with Crippen LogP contribution in [0.1, 0.15) is 30.8 Å². The largest absolute Gasteiger partial charge is 0.478 e. The lowest BCUT2D eigenvalue weighted by Gasteiger charge is -2.49. The van der Waals surface area contributed by atoms with Crippen molar-refractivity contribution in [3.05, 3.63) is 83.2 Å². The summed E-state index contributed by atoms with van der Waals surface area (Å²) in [6.45, 7) is 3.26. The van der Waals surface area contributed by atoms with Gasteiger partial charge in [0.05, 0.1) is 10.9 Å². The maximum absolute atomic E-state index is 13.4. The van der Waals surface area contributed by atoms with E-state index in [2.05, 4.69) is 24.4 Å². The van der Waals surface area contributed by atoms with Crippen LogP contribution in [0.5, 0.6) is 0 Å². The Morgan fingerprint density at radius 2 is 1.94 bits per heavy atom. The van der Waals surface area contributed by atoms with Crippen molar-refractivity contribution in [3.63, 3.8) is 0 Å². The number of benzene rings is 1. The highest BCUT2D eigenvalue weighted by Gasteiger charge is 2.55. The smallest absolute Gasteiger partial charge is 0.352 e. The summed E-state index contributed by atoms with van der Waals surface area (Å²) in [5, 5.41) is 33.6. The summed E-state index contributed by atoms with van der Waals surface area (Å²) < 4.78 is 7.88. The summed E-state index contributed by atoms with van der Waals surface area (Å²) in [6, 6.07) is 10.2. The van der Waals surface area contributed by atoms with Gasteiger partial charge in [-0.15, -0.1) is 11.8 Å². The number of carbonyl (C=O) groups excluding carboxylic acids is 2. The van der Waals surface area contributed by atoms with Crippen LogP contribution >= 0.6 is 23.3 Å². The molecule has 50 heavy (non-hydrogen) atoms. The van der Waals surface area contributed by atoms with Gasteiger partial charge in [0.2, 0.25) is 17.1 Å². The normalized spacial score (nSPS) is 17.7. The van der Waals surface area contributed by atoms with Crippen molar-refractivity contribution in [1.82, 2.24) is 24.1 Å². The van der Waals surface area contributed by atoms with Gasteiger partial charge in [0.1, 0.15) is 22.9 Å². The first-order valence-electron chi connectivity index (χ1n) is 14.9. The van der Waals surface area contributed by atoms with E-state index in [9.17, 15) is 29.4 Å². The van der Waals surface area contributed by atoms with Crippen molar-refractivity contribution < 1.29 is 38.8 Å². The number of carboxylic acids is 2. The fourth-order valence-electron chi connectivity index (χ4n) is 5.36. The molecule has 1 aromatic carbocycles. The maximum Gasteiger partial charge on any atom is 0.352 e. The first kappa shape index (κ1) is 34.1. The van der Waals surface area contributed by atoms with Gasteiger partial charge in [-0.3, -0.25) is 19.9 Å². The Morgan fingerprint density at radius 3 is 2.58 bits per heavy atom. The van der Waals surface area contributed by atoms with Crippen LogP contribution in [0.4, 0.5) is 5.13 Å². The van der Waals surface area contributed by atoms with Crippen LogP contribution in [-0.2, 0) is 37.1 Å². The number of rotatable bonds is 12. The van der Waals surface area contributed by atoms with Crippen LogP contribution in [0.3, 0.4) is 0 Å². The number of fused-ring (bicyclic) bond motifs is 2. The molecule has 0 aliphatic carbocycles. The van der Waals surface area contributed by atoms with E-state index in [1.165, 1.54) is 25.6 Å². The lowest BCUT2D eigenvalue weighted by Crippen LogP contribution is -2.71. The molecule has 0 radical (unpaired) electrons. The number of nitrogens with one attached hydrogen (secondary N) is 2. The van der Waals surface area contributed by atoms with E-state index in [-0.39, 0.29) is 34.8 Å². The first-order valence-corrected chi connectivity index (χ1v) is 16.8. The molecule has 258 valence electrons. The zero-order valence-corrected chi connectivity index (χ0v) is 28.2. The number of aliphatic carboxylic acids is 2. The number of amides is 2. The molecule has 0 spiro atoms. The molecular formula is C31H31N10O7S2+. The molecule has 6 rings (SSSR count). The molecule has 2 aliphatic rings. The molecule has 1 fully saturated rings. The number of pyridine rings is 1. The van der Waals surface area contributed by atoms with E-state index in [1.54, 1.807) is 12.1 Å². The highest BCUT2D eigenvalue weighted by atomic mass is 32.2. The number of anilines is 1. The Hall–Kier alpha value is -5.82. The van der Waals surface area contributed by atoms with Crippen LogP contribution in [-0.4, -0.2) is 87.1 Å². The fraction of sp³-hybridized carbons (Fsp3) is 0.258. The fourth-order valence-corrected chi connectivity index (χ4v) is 7.13. The van der Waals surface area contributed by atoms with Crippen molar-refractivity contribution >= 4 is 74.6 Å². The third-order valence-electron chi connectivity index (χ3n) is 8.04. The Bertz CT molecular complexity index is 2120. The van der Waals surface area contributed by atoms with Gasteiger partial charge < -0.3 is 36.4 Å². The number of hydrogen-bond donors (Lipinski definition) is 6. The zero-order valence-electron chi connectivity index (χ0n) is 26.6. The second kappa shape index (κ2) is 13.2. The summed E-state index contributed by atoms with van der Waals surface area (Å²) in [5.74, 6) is -4.15. The minimum absolute atomic E-state index is 0.00682. The van der Waals surface area contributed by atoms with Crippen LogP contribution in [0, 0.1) is 5.41 Å². The van der Waals surface area contributed by atoms with Gasteiger partial charge in [-0.1, -0.05) is 29.4 Å². The summed E-state index contributed by atoms with van der Waals surface area (Å²) in [5.41, 5.74) is 11.9. The molecule has 8 N–H and O–H groups in total. The van der Waals surface area contributed by atoms with E-state index < -0.39 is 46.5 Å². The molecule has 0 bridgehead atoms. The predicted molar refractivity (Wildman–Crippen MR) is 182 cm³/mol. The molecule has 2 atom stereocenters. The number of nitrogens with zero attached hydrogens (tertiary/aromatic N) is 6. The van der Waals surface area contributed by atoms with Gasteiger partial charge in [-0.25, -0.2) is 14.2 Å². The molecule has 19 heteroatoms. The number of thioether (sulfide) groups is 1. The maximum atomic E-state index is 13.4. The van der Waals surface area contributed by atoms with Crippen LogP contribution in [0.15, 0.2) is 71.4 Å². The number of oxime groups is 1. The molecule has 17 nitrogen and oxygen atoms in total. The molecule has 1 saturated heterocycles. The average molecular weight is 720 g/mol. The zero-order chi connectivity index (χ0) is 35.9. The monoisotopic (exact) mass is 719 g/mol. The van der Waals surface area contributed by atoms with E-state index in [0.29, 0.717) is 17.7 Å². The molecular weight excluding hydrogens is 689 g/mol. The van der Waals surface area contributed by atoms with Crippen molar-refractivity contribution in [1.29, 1.82) is 5.41 Å². The number of aromatic nitrogens is 4. The summed E-state index contributed by atoms with van der Waals surface area (Å²) in [4.78, 5) is 60.9. The number of amidine groups is 1. The first-order chi connectivity index (χ1) is 23.7. The van der Waals surface area contributed by atoms with Gasteiger partial charge in [-0.05, 0) is 25.5 Å². The topological polar surface area (TPSA) is 256 Å². The number of β-lactam (4-membered cyclic amide) rings is 1. The molecule has 3 aromatic heterocycles. The van der Waals surface area contributed by atoms with Gasteiger partial charge in [-0.2, -0.15) is 9.36 Å². The lowest BCUT2D eigenvalue weighted by atomic mass is 10.0. The standard InChI is InChI=1S/C31H30N10O7S2/c1-31(2,29(46)47)48-37-20(24-36-30(34)50-38-24)25(42)35-21-26(43)41-22(28(44)45)18(14-49-27(21)41)13-39-9-8-19-17(12-39)7-10-40(19)11-15-3-5-16(6-4-15)23(32)33/h3-10,12,21,27H,11,13-14H2,1-2H3,(H7-,32,33,34,35,36,38,42,44,45,46,47)/p+1/b37-20-/t21-,27-/m1/s1. The van der Waals surface area contributed by atoms with Gasteiger partial charge in [0.15, 0.2) is 24.1 Å². The minimum atomic E-state index is -1.80. The van der Waals surface area contributed by atoms with Crippen molar-refractivity contribution in [2.75, 3.05) is 11.5 Å². The van der Waals surface area contributed by atoms with Crippen LogP contribution < -0.4 is 21.4 Å². The van der Waals surface area contributed by atoms with Gasteiger partial charge in [0.25, 0.3) is 11.8 Å².